The van der Waals surface area contributed by atoms with Crippen LogP contribution in [0, 0.1) is 0 Å². The molecular weight excluding hydrogens is 233 g/mol. The lowest BCUT2D eigenvalue weighted by molar-refractivity contribution is -0.162. The fourth-order valence-electron chi connectivity index (χ4n) is 2.04. The first-order valence-electron chi connectivity index (χ1n) is 6.03. The average molecular weight is 252 g/mol. The van der Waals surface area contributed by atoms with Crippen LogP contribution < -0.4 is 5.32 Å². The van der Waals surface area contributed by atoms with Gasteiger partial charge in [0.1, 0.15) is 6.54 Å². The number of nitrogens with zero attached hydrogens (tertiary/aromatic N) is 1. The number of halogens is 3. The second-order valence-corrected chi connectivity index (χ2v) is 4.38. The van der Waals surface area contributed by atoms with E-state index in [1.165, 1.54) is 0 Å². The van der Waals surface area contributed by atoms with Crippen LogP contribution in [0.1, 0.15) is 32.6 Å². The lowest BCUT2D eigenvalue weighted by Crippen LogP contribution is -2.51. The first-order valence-corrected chi connectivity index (χ1v) is 6.03. The summed E-state index contributed by atoms with van der Waals surface area (Å²) in [7, 11) is 0. The maximum atomic E-state index is 12.3. The summed E-state index contributed by atoms with van der Waals surface area (Å²) in [5, 5.41) is 2.98. The number of rotatable bonds is 4. The summed E-state index contributed by atoms with van der Waals surface area (Å²) in [5.74, 6) is -0.413. The summed E-state index contributed by atoms with van der Waals surface area (Å²) in [6.07, 6.45) is -1.27. The zero-order chi connectivity index (χ0) is 12.9. The van der Waals surface area contributed by atoms with Gasteiger partial charge in [-0.1, -0.05) is 13.3 Å². The number of piperidine rings is 1. The molecule has 0 radical (unpaired) electrons. The Bertz CT molecular complexity index is 250. The predicted molar refractivity (Wildman–Crippen MR) is 58.6 cm³/mol. The number of carbonyl (C=O) groups excluding carboxylic acids is 1. The van der Waals surface area contributed by atoms with Crippen molar-refractivity contribution in [1.29, 1.82) is 0 Å². The zero-order valence-electron chi connectivity index (χ0n) is 10.0. The largest absolute Gasteiger partial charge is 0.406 e. The summed E-state index contributed by atoms with van der Waals surface area (Å²) in [6, 6.07) is -0.433. The highest BCUT2D eigenvalue weighted by atomic mass is 19.4. The Labute approximate surface area is 99.4 Å². The van der Waals surface area contributed by atoms with Crippen LogP contribution in [-0.2, 0) is 4.79 Å². The van der Waals surface area contributed by atoms with Gasteiger partial charge in [0.25, 0.3) is 0 Å². The molecule has 1 aliphatic rings. The molecular formula is C11H19F3N2O. The van der Waals surface area contributed by atoms with Gasteiger partial charge in [-0.3, -0.25) is 4.79 Å². The van der Waals surface area contributed by atoms with Crippen molar-refractivity contribution < 1.29 is 18.0 Å². The van der Waals surface area contributed by atoms with Crippen LogP contribution in [0.4, 0.5) is 13.2 Å². The van der Waals surface area contributed by atoms with Crippen molar-refractivity contribution in [2.24, 2.45) is 0 Å². The molecule has 1 N–H and O–H groups in total. The topological polar surface area (TPSA) is 32.3 Å². The van der Waals surface area contributed by atoms with Gasteiger partial charge in [-0.15, -0.1) is 0 Å². The van der Waals surface area contributed by atoms with E-state index in [4.69, 9.17) is 0 Å². The normalized spacial score (nSPS) is 21.3. The smallest absolute Gasteiger partial charge is 0.332 e. The van der Waals surface area contributed by atoms with Crippen LogP contribution in [0.3, 0.4) is 0 Å². The third kappa shape index (κ3) is 4.93. The van der Waals surface area contributed by atoms with Crippen molar-refractivity contribution in [3.63, 3.8) is 0 Å². The fraction of sp³-hybridized carbons (Fsp3) is 0.909. The predicted octanol–water partition coefficient (Wildman–Crippen LogP) is 1.93. The second-order valence-electron chi connectivity index (χ2n) is 4.38. The second kappa shape index (κ2) is 6.23. The SMILES string of the molecule is CCCN(CC(F)(F)F)C(=O)C1CCCCN1. The summed E-state index contributed by atoms with van der Waals surface area (Å²) in [6.45, 7) is 1.50. The quantitative estimate of drug-likeness (QED) is 0.829. The number of carbonyl (C=O) groups is 1. The number of hydrogen-bond donors (Lipinski definition) is 1. The highest BCUT2D eigenvalue weighted by Gasteiger charge is 2.35. The highest BCUT2D eigenvalue weighted by Crippen LogP contribution is 2.18. The number of alkyl halides is 3. The van der Waals surface area contributed by atoms with Gasteiger partial charge in [0, 0.05) is 6.54 Å². The number of hydrogen-bond acceptors (Lipinski definition) is 2. The Balaban J connectivity index is 2.58. The van der Waals surface area contributed by atoms with Gasteiger partial charge >= 0.3 is 6.18 Å². The molecule has 0 aromatic heterocycles. The maximum absolute atomic E-state index is 12.3. The Morgan fingerprint density at radius 3 is 2.59 bits per heavy atom. The van der Waals surface area contributed by atoms with E-state index in [0.29, 0.717) is 19.4 Å². The maximum Gasteiger partial charge on any atom is 0.406 e. The van der Waals surface area contributed by atoms with Crippen LogP contribution in [-0.4, -0.2) is 42.7 Å². The molecule has 1 saturated heterocycles. The third-order valence-corrected chi connectivity index (χ3v) is 2.78. The van der Waals surface area contributed by atoms with Crippen molar-refractivity contribution in [1.82, 2.24) is 10.2 Å². The van der Waals surface area contributed by atoms with Crippen LogP contribution in [0.5, 0.6) is 0 Å². The fourth-order valence-corrected chi connectivity index (χ4v) is 2.04. The summed E-state index contributed by atoms with van der Waals surface area (Å²) in [5.41, 5.74) is 0. The first kappa shape index (κ1) is 14.3. The van der Waals surface area contributed by atoms with Gasteiger partial charge in [-0.25, -0.2) is 0 Å². The molecule has 0 bridgehead atoms. The molecule has 6 heteroatoms. The van der Waals surface area contributed by atoms with E-state index >= 15 is 0 Å². The minimum Gasteiger partial charge on any atom is -0.332 e. The lowest BCUT2D eigenvalue weighted by atomic mass is 10.0. The van der Waals surface area contributed by atoms with Gasteiger partial charge in [0.15, 0.2) is 0 Å². The lowest BCUT2D eigenvalue weighted by Gasteiger charge is -2.30. The summed E-state index contributed by atoms with van der Waals surface area (Å²) >= 11 is 0. The molecule has 1 atom stereocenters. The van der Waals surface area contributed by atoms with Crippen LogP contribution in [0.15, 0.2) is 0 Å². The molecule has 0 aromatic carbocycles. The molecule has 1 rings (SSSR count). The Hall–Kier alpha value is -0.780. The average Bonchev–Trinajstić information content (AvgIpc) is 2.27. The monoisotopic (exact) mass is 252 g/mol. The molecule has 1 unspecified atom stereocenters. The van der Waals surface area contributed by atoms with E-state index in [1.54, 1.807) is 6.92 Å². The van der Waals surface area contributed by atoms with Gasteiger partial charge < -0.3 is 10.2 Å². The van der Waals surface area contributed by atoms with Crippen molar-refractivity contribution in [2.75, 3.05) is 19.6 Å². The van der Waals surface area contributed by atoms with E-state index in [1.807, 2.05) is 0 Å². The van der Waals surface area contributed by atoms with Gasteiger partial charge in [0.05, 0.1) is 6.04 Å². The number of amides is 1. The Kier molecular flexibility index (Phi) is 5.24. The van der Waals surface area contributed by atoms with Crippen LogP contribution in [0.2, 0.25) is 0 Å². The molecule has 0 spiro atoms. The molecule has 0 aromatic rings. The van der Waals surface area contributed by atoms with E-state index < -0.39 is 24.7 Å². The highest BCUT2D eigenvalue weighted by molar-refractivity contribution is 5.82. The molecule has 1 aliphatic heterocycles. The van der Waals surface area contributed by atoms with Crippen LogP contribution >= 0.6 is 0 Å². The van der Waals surface area contributed by atoms with Crippen LogP contribution in [0.25, 0.3) is 0 Å². The summed E-state index contributed by atoms with van der Waals surface area (Å²) in [4.78, 5) is 12.8. The van der Waals surface area contributed by atoms with Crippen molar-refractivity contribution >= 4 is 5.91 Å². The van der Waals surface area contributed by atoms with Gasteiger partial charge in [0.2, 0.25) is 5.91 Å². The molecule has 0 aliphatic carbocycles. The van der Waals surface area contributed by atoms with Crippen molar-refractivity contribution in [3.05, 3.63) is 0 Å². The molecule has 1 heterocycles. The van der Waals surface area contributed by atoms with E-state index in [0.717, 1.165) is 17.7 Å². The van der Waals surface area contributed by atoms with E-state index in [2.05, 4.69) is 5.32 Å². The van der Waals surface area contributed by atoms with E-state index in [9.17, 15) is 18.0 Å². The Morgan fingerprint density at radius 1 is 1.41 bits per heavy atom. The molecule has 0 saturated carbocycles. The minimum atomic E-state index is -4.32. The first-order chi connectivity index (χ1) is 7.94. The summed E-state index contributed by atoms with van der Waals surface area (Å²) < 4.78 is 37.0. The molecule has 1 amide bonds. The van der Waals surface area contributed by atoms with Gasteiger partial charge in [-0.2, -0.15) is 13.2 Å². The molecule has 1 fully saturated rings. The molecule has 3 nitrogen and oxygen atoms in total. The molecule has 17 heavy (non-hydrogen) atoms. The Morgan fingerprint density at radius 2 is 2.12 bits per heavy atom. The van der Waals surface area contributed by atoms with E-state index in [-0.39, 0.29) is 6.54 Å². The van der Waals surface area contributed by atoms with Crippen molar-refractivity contribution in [3.8, 4) is 0 Å². The van der Waals surface area contributed by atoms with Crippen molar-refractivity contribution in [2.45, 2.75) is 44.8 Å². The number of nitrogens with one attached hydrogen (secondary N) is 1. The zero-order valence-corrected chi connectivity index (χ0v) is 10.0. The standard InChI is InChI=1S/C11H19F3N2O/c1-2-7-16(8-11(12,13)14)10(17)9-5-3-4-6-15-9/h9,15H,2-8H2,1H3. The minimum absolute atomic E-state index is 0.163. The molecule has 100 valence electrons. The third-order valence-electron chi connectivity index (χ3n) is 2.78. The van der Waals surface area contributed by atoms with Gasteiger partial charge in [-0.05, 0) is 25.8 Å².